The molecule has 1 unspecified atom stereocenters. The lowest BCUT2D eigenvalue weighted by atomic mass is 9.99. The molecule has 2 rings (SSSR count). The third-order valence-corrected chi connectivity index (χ3v) is 5.20. The van der Waals surface area contributed by atoms with E-state index in [1.54, 1.807) is 24.3 Å². The van der Waals surface area contributed by atoms with Crippen LogP contribution in [-0.4, -0.2) is 34.8 Å². The Hall–Kier alpha value is -1.55. The Balaban J connectivity index is 2.19. The molecule has 0 bridgehead atoms. The summed E-state index contributed by atoms with van der Waals surface area (Å²) in [6.45, 7) is 8.01. The lowest BCUT2D eigenvalue weighted by Crippen LogP contribution is -2.55. The zero-order valence-electron chi connectivity index (χ0n) is 15.6. The number of nitrogens with zero attached hydrogens (tertiary/aromatic N) is 1. The molecule has 1 fully saturated rings. The number of rotatable bonds is 6. The Morgan fingerprint density at radius 1 is 1.12 bits per heavy atom. The summed E-state index contributed by atoms with van der Waals surface area (Å²) in [4.78, 5) is 27.9. The summed E-state index contributed by atoms with van der Waals surface area (Å²) in [5.41, 5.74) is 0.402. The third-order valence-electron chi connectivity index (χ3n) is 4.87. The second-order valence-corrected chi connectivity index (χ2v) is 7.86. The van der Waals surface area contributed by atoms with Crippen LogP contribution in [0.4, 0.5) is 0 Å². The maximum Gasteiger partial charge on any atom is 0.253 e. The Bertz CT molecular complexity index is 609. The molecule has 2 amide bonds. The van der Waals surface area contributed by atoms with Crippen LogP contribution < -0.4 is 5.32 Å². The van der Waals surface area contributed by atoms with E-state index in [-0.39, 0.29) is 29.8 Å². The number of carbonyl (C=O) groups excluding carboxylic acids is 2. The summed E-state index contributed by atoms with van der Waals surface area (Å²) in [5.74, 6) is -0.285. The van der Waals surface area contributed by atoms with Crippen molar-refractivity contribution < 1.29 is 9.59 Å². The van der Waals surface area contributed by atoms with Crippen molar-refractivity contribution in [2.24, 2.45) is 5.92 Å². The van der Waals surface area contributed by atoms with Gasteiger partial charge >= 0.3 is 0 Å². The van der Waals surface area contributed by atoms with Crippen LogP contribution in [0.2, 0.25) is 5.02 Å². The number of halogens is 1. The molecule has 4 nitrogen and oxygen atoms in total. The molecule has 0 aliphatic heterocycles. The van der Waals surface area contributed by atoms with E-state index in [0.29, 0.717) is 10.6 Å². The monoisotopic (exact) mass is 364 g/mol. The molecule has 5 heteroatoms. The minimum absolute atomic E-state index is 0.00147. The highest BCUT2D eigenvalue weighted by molar-refractivity contribution is 6.33. The number of hydrogen-bond donors (Lipinski definition) is 1. The maximum absolute atomic E-state index is 13.2. The predicted molar refractivity (Wildman–Crippen MR) is 102 cm³/mol. The third kappa shape index (κ3) is 4.75. The summed E-state index contributed by atoms with van der Waals surface area (Å²) in [5, 5.41) is 3.31. The van der Waals surface area contributed by atoms with Crippen LogP contribution in [0.1, 0.15) is 63.7 Å². The van der Waals surface area contributed by atoms with Crippen molar-refractivity contribution >= 4 is 23.4 Å². The van der Waals surface area contributed by atoms with Gasteiger partial charge in [-0.2, -0.15) is 0 Å². The van der Waals surface area contributed by atoms with Crippen molar-refractivity contribution in [1.29, 1.82) is 0 Å². The highest BCUT2D eigenvalue weighted by Gasteiger charge is 2.35. The van der Waals surface area contributed by atoms with Crippen LogP contribution in [0.25, 0.3) is 0 Å². The summed E-state index contributed by atoms with van der Waals surface area (Å²) in [7, 11) is 0. The molecule has 0 aromatic heterocycles. The minimum atomic E-state index is -0.549. The van der Waals surface area contributed by atoms with Crippen molar-refractivity contribution in [3.8, 4) is 0 Å². The second kappa shape index (κ2) is 8.70. The average Bonchev–Trinajstić information content (AvgIpc) is 3.06. The molecular weight excluding hydrogens is 336 g/mol. The zero-order chi connectivity index (χ0) is 18.6. The number of hydrogen-bond acceptors (Lipinski definition) is 2. The maximum atomic E-state index is 13.2. The number of carbonyl (C=O) groups is 2. The van der Waals surface area contributed by atoms with E-state index in [9.17, 15) is 9.59 Å². The molecule has 1 saturated carbocycles. The Kier molecular flexibility index (Phi) is 6.88. The van der Waals surface area contributed by atoms with Gasteiger partial charge in [0, 0.05) is 12.1 Å². The summed E-state index contributed by atoms with van der Waals surface area (Å²) < 4.78 is 0. The van der Waals surface area contributed by atoms with Gasteiger partial charge < -0.3 is 10.2 Å². The quantitative estimate of drug-likeness (QED) is 0.819. The topological polar surface area (TPSA) is 49.4 Å². The molecule has 1 aromatic rings. The van der Waals surface area contributed by atoms with Gasteiger partial charge in [-0.25, -0.2) is 0 Å². The van der Waals surface area contributed by atoms with E-state index in [1.807, 2.05) is 32.6 Å². The fraction of sp³-hybridized carbons (Fsp3) is 0.600. The molecule has 0 spiro atoms. The van der Waals surface area contributed by atoms with Crippen molar-refractivity contribution in [2.75, 3.05) is 0 Å². The number of benzene rings is 1. The molecule has 0 heterocycles. The molecule has 1 aromatic carbocycles. The smallest absolute Gasteiger partial charge is 0.253 e. The van der Waals surface area contributed by atoms with E-state index < -0.39 is 6.04 Å². The lowest BCUT2D eigenvalue weighted by molar-refractivity contribution is -0.138. The molecule has 25 heavy (non-hydrogen) atoms. The second-order valence-electron chi connectivity index (χ2n) is 7.45. The van der Waals surface area contributed by atoms with Crippen LogP contribution in [0, 0.1) is 5.92 Å². The van der Waals surface area contributed by atoms with Gasteiger partial charge in [-0.05, 0) is 44.7 Å². The van der Waals surface area contributed by atoms with Gasteiger partial charge in [-0.15, -0.1) is 0 Å². The molecule has 1 atom stereocenters. The fourth-order valence-electron chi connectivity index (χ4n) is 3.58. The SMILES string of the molecule is CC(C)C(NC(=O)c1ccccc1Cl)C(=O)N(C(C)C)C1CCCC1. The first kappa shape index (κ1) is 19.8. The van der Waals surface area contributed by atoms with Gasteiger partial charge in [0.05, 0.1) is 10.6 Å². The average molecular weight is 365 g/mol. The van der Waals surface area contributed by atoms with E-state index in [1.165, 1.54) is 12.8 Å². The van der Waals surface area contributed by atoms with E-state index >= 15 is 0 Å². The van der Waals surface area contributed by atoms with Gasteiger partial charge in [0.15, 0.2) is 0 Å². The lowest BCUT2D eigenvalue weighted by Gasteiger charge is -2.37. The van der Waals surface area contributed by atoms with Gasteiger partial charge in [0.25, 0.3) is 5.91 Å². The number of nitrogens with one attached hydrogen (secondary N) is 1. The molecule has 1 aliphatic carbocycles. The highest BCUT2D eigenvalue weighted by atomic mass is 35.5. The first-order chi connectivity index (χ1) is 11.8. The zero-order valence-corrected chi connectivity index (χ0v) is 16.3. The van der Waals surface area contributed by atoms with Crippen LogP contribution in [0.5, 0.6) is 0 Å². The van der Waals surface area contributed by atoms with Crippen LogP contribution in [0.15, 0.2) is 24.3 Å². The normalized spacial score (nSPS) is 16.3. The molecule has 0 radical (unpaired) electrons. The Morgan fingerprint density at radius 3 is 2.24 bits per heavy atom. The molecular formula is C20H29ClN2O2. The first-order valence-electron chi connectivity index (χ1n) is 9.20. The van der Waals surface area contributed by atoms with Crippen molar-refractivity contribution in [3.05, 3.63) is 34.9 Å². The minimum Gasteiger partial charge on any atom is -0.340 e. The Labute approximate surface area is 155 Å². The van der Waals surface area contributed by atoms with Gasteiger partial charge in [-0.3, -0.25) is 9.59 Å². The van der Waals surface area contributed by atoms with Crippen LogP contribution >= 0.6 is 11.6 Å². The van der Waals surface area contributed by atoms with E-state index in [2.05, 4.69) is 5.32 Å². The van der Waals surface area contributed by atoms with E-state index in [4.69, 9.17) is 11.6 Å². The molecule has 1 N–H and O–H groups in total. The first-order valence-corrected chi connectivity index (χ1v) is 9.58. The van der Waals surface area contributed by atoms with Gasteiger partial charge in [0.1, 0.15) is 6.04 Å². The molecule has 138 valence electrons. The van der Waals surface area contributed by atoms with Crippen LogP contribution in [0.3, 0.4) is 0 Å². The van der Waals surface area contributed by atoms with Crippen molar-refractivity contribution in [1.82, 2.24) is 10.2 Å². The van der Waals surface area contributed by atoms with Crippen molar-refractivity contribution in [2.45, 2.75) is 71.5 Å². The van der Waals surface area contributed by atoms with E-state index in [0.717, 1.165) is 12.8 Å². The fourth-order valence-corrected chi connectivity index (χ4v) is 3.80. The largest absolute Gasteiger partial charge is 0.340 e. The summed E-state index contributed by atoms with van der Waals surface area (Å²) >= 11 is 6.12. The van der Waals surface area contributed by atoms with Gasteiger partial charge in [-0.1, -0.05) is 50.4 Å². The standard InChI is InChI=1S/C20H29ClN2O2/c1-13(2)18(22-19(24)16-11-7-8-12-17(16)21)20(25)23(14(3)4)15-9-5-6-10-15/h7-8,11-15,18H,5-6,9-10H2,1-4H3,(H,22,24). The van der Waals surface area contributed by atoms with Crippen molar-refractivity contribution in [3.63, 3.8) is 0 Å². The predicted octanol–water partition coefficient (Wildman–Crippen LogP) is 4.27. The van der Waals surface area contributed by atoms with Gasteiger partial charge in [0.2, 0.25) is 5.91 Å². The van der Waals surface area contributed by atoms with Crippen LogP contribution in [-0.2, 0) is 4.79 Å². The summed E-state index contributed by atoms with van der Waals surface area (Å²) in [6.07, 6.45) is 4.43. The Morgan fingerprint density at radius 2 is 1.72 bits per heavy atom. The molecule has 1 aliphatic rings. The number of amides is 2. The summed E-state index contributed by atoms with van der Waals surface area (Å²) in [6, 6.07) is 6.77. The highest BCUT2D eigenvalue weighted by Crippen LogP contribution is 2.26. The molecule has 0 saturated heterocycles.